The Hall–Kier alpha value is -1.17. The summed E-state index contributed by atoms with van der Waals surface area (Å²) in [5.41, 5.74) is 0.705. The molecular weight excluding hydrogens is 238 g/mol. The van der Waals surface area contributed by atoms with E-state index in [4.69, 9.17) is 0 Å². The Morgan fingerprint density at radius 3 is 2.44 bits per heavy atom. The van der Waals surface area contributed by atoms with Gasteiger partial charge in [0.05, 0.1) is 0 Å². The predicted molar refractivity (Wildman–Crippen MR) is 55.6 cm³/mol. The standard InChI is InChI=1S/C10H12F2O3S/c1-7(2)5-8-3-4-10(9(11)6-8)15-16(12,13)14/h3-4,6-7H,5H2,1-2H3. The minimum atomic E-state index is -5.18. The monoisotopic (exact) mass is 250 g/mol. The van der Waals surface area contributed by atoms with Crippen LogP contribution in [0.5, 0.6) is 5.75 Å². The van der Waals surface area contributed by atoms with Crippen molar-refractivity contribution < 1.29 is 20.9 Å². The summed E-state index contributed by atoms with van der Waals surface area (Å²) in [5.74, 6) is -1.18. The Labute approximate surface area is 93.5 Å². The molecule has 0 radical (unpaired) electrons. The zero-order chi connectivity index (χ0) is 12.3. The molecule has 0 aliphatic carbocycles. The van der Waals surface area contributed by atoms with Crippen LogP contribution in [0.15, 0.2) is 18.2 Å². The molecule has 0 aromatic heterocycles. The highest BCUT2D eigenvalue weighted by molar-refractivity contribution is 7.81. The minimum absolute atomic E-state index is 0.344. The lowest BCUT2D eigenvalue weighted by Gasteiger charge is -2.07. The molecule has 90 valence electrons. The number of hydrogen-bond acceptors (Lipinski definition) is 3. The van der Waals surface area contributed by atoms with E-state index in [1.807, 2.05) is 13.8 Å². The van der Waals surface area contributed by atoms with Gasteiger partial charge >= 0.3 is 10.5 Å². The molecule has 0 N–H and O–H groups in total. The van der Waals surface area contributed by atoms with Gasteiger partial charge in [-0.1, -0.05) is 23.8 Å². The number of hydrogen-bond donors (Lipinski definition) is 0. The van der Waals surface area contributed by atoms with Crippen molar-refractivity contribution in [1.29, 1.82) is 0 Å². The largest absolute Gasteiger partial charge is 0.488 e. The second-order valence-corrected chi connectivity index (χ2v) is 4.79. The van der Waals surface area contributed by atoms with Crippen LogP contribution in [0.25, 0.3) is 0 Å². The predicted octanol–water partition coefficient (Wildman–Crippen LogP) is 2.62. The molecule has 0 atom stereocenters. The average Bonchev–Trinajstić information content (AvgIpc) is 2.06. The molecule has 1 aromatic rings. The smallest absolute Gasteiger partial charge is 0.355 e. The summed E-state index contributed by atoms with van der Waals surface area (Å²) in [6, 6.07) is 3.74. The number of rotatable bonds is 4. The van der Waals surface area contributed by atoms with Crippen LogP contribution in [0, 0.1) is 11.7 Å². The lowest BCUT2D eigenvalue weighted by atomic mass is 10.0. The summed E-state index contributed by atoms with van der Waals surface area (Å²) in [7, 11) is -5.18. The minimum Gasteiger partial charge on any atom is -0.355 e. The quantitative estimate of drug-likeness (QED) is 0.771. The van der Waals surface area contributed by atoms with Crippen molar-refractivity contribution in [2.24, 2.45) is 5.92 Å². The summed E-state index contributed by atoms with van der Waals surface area (Å²) < 4.78 is 49.6. The SMILES string of the molecule is CC(C)Cc1ccc(OS(=O)(=O)F)c(F)c1. The van der Waals surface area contributed by atoms with Crippen LogP contribution in [0.4, 0.5) is 8.28 Å². The van der Waals surface area contributed by atoms with Crippen molar-refractivity contribution in [3.63, 3.8) is 0 Å². The Morgan fingerprint density at radius 1 is 1.38 bits per heavy atom. The molecule has 0 unspecified atom stereocenters. The summed E-state index contributed by atoms with van der Waals surface area (Å²) in [4.78, 5) is 0. The third-order valence-electron chi connectivity index (χ3n) is 1.83. The van der Waals surface area contributed by atoms with Crippen LogP contribution in [0.1, 0.15) is 19.4 Å². The summed E-state index contributed by atoms with van der Waals surface area (Å²) in [5, 5.41) is 0. The second-order valence-electron chi connectivity index (χ2n) is 3.84. The highest BCUT2D eigenvalue weighted by Gasteiger charge is 2.14. The Bertz CT molecular complexity index is 469. The Balaban J connectivity index is 2.92. The van der Waals surface area contributed by atoms with Crippen molar-refractivity contribution >= 4 is 10.5 Å². The van der Waals surface area contributed by atoms with Crippen LogP contribution < -0.4 is 4.18 Å². The highest BCUT2D eigenvalue weighted by atomic mass is 32.3. The topological polar surface area (TPSA) is 43.4 Å². The van der Waals surface area contributed by atoms with E-state index in [0.29, 0.717) is 17.9 Å². The molecule has 1 aromatic carbocycles. The molecule has 0 aliphatic rings. The van der Waals surface area contributed by atoms with Gasteiger partial charge in [-0.15, -0.1) is 0 Å². The van der Waals surface area contributed by atoms with Gasteiger partial charge in [-0.3, -0.25) is 0 Å². The zero-order valence-corrected chi connectivity index (χ0v) is 9.72. The summed E-state index contributed by atoms with van der Waals surface area (Å²) in [6.07, 6.45) is 0.652. The Morgan fingerprint density at radius 2 is 2.00 bits per heavy atom. The van der Waals surface area contributed by atoms with E-state index in [1.54, 1.807) is 0 Å². The lowest BCUT2D eigenvalue weighted by Crippen LogP contribution is -2.03. The molecule has 0 saturated heterocycles. The summed E-state index contributed by atoms with van der Waals surface area (Å²) >= 11 is 0. The van der Waals surface area contributed by atoms with Gasteiger partial charge in [0.25, 0.3) is 0 Å². The normalized spacial score (nSPS) is 11.8. The molecular formula is C10H12F2O3S. The van der Waals surface area contributed by atoms with Crippen molar-refractivity contribution in [2.45, 2.75) is 20.3 Å². The number of halogens is 2. The molecule has 0 spiro atoms. The molecule has 1 rings (SSSR count). The van der Waals surface area contributed by atoms with E-state index < -0.39 is 22.1 Å². The van der Waals surface area contributed by atoms with Crippen LogP contribution in [-0.2, 0) is 16.9 Å². The van der Waals surface area contributed by atoms with E-state index in [1.165, 1.54) is 6.07 Å². The average molecular weight is 250 g/mol. The molecule has 0 amide bonds. The molecule has 16 heavy (non-hydrogen) atoms. The maximum atomic E-state index is 13.3. The fraction of sp³-hybridized carbons (Fsp3) is 0.400. The Kier molecular flexibility index (Phi) is 3.85. The second kappa shape index (κ2) is 4.78. The third kappa shape index (κ3) is 4.14. The van der Waals surface area contributed by atoms with Crippen molar-refractivity contribution in [1.82, 2.24) is 0 Å². The van der Waals surface area contributed by atoms with Crippen LogP contribution >= 0.6 is 0 Å². The van der Waals surface area contributed by atoms with Crippen LogP contribution in [-0.4, -0.2) is 8.42 Å². The summed E-state index contributed by atoms with van der Waals surface area (Å²) in [6.45, 7) is 3.93. The van der Waals surface area contributed by atoms with Gasteiger partial charge in [0, 0.05) is 0 Å². The first-order valence-corrected chi connectivity index (χ1v) is 6.01. The van der Waals surface area contributed by atoms with Gasteiger partial charge < -0.3 is 4.18 Å². The van der Waals surface area contributed by atoms with Gasteiger partial charge in [0.15, 0.2) is 11.6 Å². The first-order chi connectivity index (χ1) is 7.28. The van der Waals surface area contributed by atoms with Gasteiger partial charge in [-0.25, -0.2) is 4.39 Å². The fourth-order valence-electron chi connectivity index (χ4n) is 1.32. The molecule has 0 saturated carbocycles. The fourth-order valence-corrected chi connectivity index (χ4v) is 1.67. The van der Waals surface area contributed by atoms with Gasteiger partial charge in [0.1, 0.15) is 0 Å². The van der Waals surface area contributed by atoms with Crippen molar-refractivity contribution in [3.8, 4) is 5.75 Å². The molecule has 6 heteroatoms. The van der Waals surface area contributed by atoms with E-state index in [0.717, 1.165) is 12.1 Å². The molecule has 0 heterocycles. The number of benzene rings is 1. The molecule has 0 fully saturated rings. The molecule has 3 nitrogen and oxygen atoms in total. The maximum Gasteiger partial charge on any atom is 0.488 e. The van der Waals surface area contributed by atoms with Crippen molar-refractivity contribution in [3.05, 3.63) is 29.6 Å². The van der Waals surface area contributed by atoms with Crippen LogP contribution in [0.3, 0.4) is 0 Å². The lowest BCUT2D eigenvalue weighted by molar-refractivity contribution is 0.423. The van der Waals surface area contributed by atoms with E-state index in [9.17, 15) is 16.7 Å². The first kappa shape index (κ1) is 12.9. The third-order valence-corrected chi connectivity index (χ3v) is 2.21. The van der Waals surface area contributed by atoms with Crippen LogP contribution in [0.2, 0.25) is 0 Å². The van der Waals surface area contributed by atoms with Crippen molar-refractivity contribution in [2.75, 3.05) is 0 Å². The van der Waals surface area contributed by atoms with E-state index in [-0.39, 0.29) is 0 Å². The van der Waals surface area contributed by atoms with Gasteiger partial charge in [-0.2, -0.15) is 8.42 Å². The van der Waals surface area contributed by atoms with Gasteiger partial charge in [-0.05, 0) is 30.0 Å². The zero-order valence-electron chi connectivity index (χ0n) is 8.91. The maximum absolute atomic E-state index is 13.3. The highest BCUT2D eigenvalue weighted by Crippen LogP contribution is 2.21. The molecule has 0 bridgehead atoms. The molecule has 0 aliphatic heterocycles. The van der Waals surface area contributed by atoms with Gasteiger partial charge in [0.2, 0.25) is 0 Å². The van der Waals surface area contributed by atoms with E-state index >= 15 is 0 Å². The first-order valence-electron chi connectivity index (χ1n) is 4.70. The van der Waals surface area contributed by atoms with E-state index in [2.05, 4.69) is 4.18 Å².